The number of aromatic nitrogens is 4. The lowest BCUT2D eigenvalue weighted by Crippen LogP contribution is -2.17. The summed E-state index contributed by atoms with van der Waals surface area (Å²) >= 11 is -2.06. The van der Waals surface area contributed by atoms with Crippen molar-refractivity contribution in [1.29, 1.82) is 0 Å². The first kappa shape index (κ1) is 22.5. The Bertz CT molecular complexity index is 1280. The summed E-state index contributed by atoms with van der Waals surface area (Å²) in [5.74, 6) is 1.39. The van der Waals surface area contributed by atoms with Gasteiger partial charge in [-0.05, 0) is 43.2 Å². The molecule has 4 N–H and O–H groups in total. The number of aryl methyl sites for hydroxylation is 2. The Morgan fingerprint density at radius 3 is 2.55 bits per heavy atom. The summed E-state index contributed by atoms with van der Waals surface area (Å²) in [4.78, 5) is 13.5. The highest BCUT2D eigenvalue weighted by molar-refractivity contribution is 7.79. The molecule has 170 valence electrons. The van der Waals surface area contributed by atoms with Crippen LogP contribution in [0.25, 0.3) is 11.5 Å². The number of benzene rings is 2. The molecule has 0 amide bonds. The lowest BCUT2D eigenvalue weighted by molar-refractivity contribution is 0.276. The number of hydrogen-bond acceptors (Lipinski definition) is 9. The lowest BCUT2D eigenvalue weighted by atomic mass is 10.1. The molecule has 0 bridgehead atoms. The maximum Gasteiger partial charge on any atom is 0.263 e. The summed E-state index contributed by atoms with van der Waals surface area (Å²) in [6.45, 7) is 3.29. The molecule has 2 aromatic heterocycles. The van der Waals surface area contributed by atoms with E-state index in [2.05, 4.69) is 30.7 Å². The van der Waals surface area contributed by atoms with Gasteiger partial charge in [-0.3, -0.25) is 0 Å². The van der Waals surface area contributed by atoms with Crippen molar-refractivity contribution in [2.24, 2.45) is 0 Å². The van der Waals surface area contributed by atoms with E-state index in [-0.39, 0.29) is 18.4 Å². The summed E-state index contributed by atoms with van der Waals surface area (Å²) in [7, 11) is 0. The molecule has 0 saturated heterocycles. The van der Waals surface area contributed by atoms with Crippen LogP contribution in [0.4, 0.5) is 17.5 Å². The van der Waals surface area contributed by atoms with Crippen molar-refractivity contribution >= 4 is 28.5 Å². The van der Waals surface area contributed by atoms with Crippen molar-refractivity contribution in [3.63, 3.8) is 0 Å². The first-order chi connectivity index (χ1) is 15.9. The molecule has 2 atom stereocenters. The highest BCUT2D eigenvalue weighted by Crippen LogP contribution is 2.29. The Balaban J connectivity index is 1.69. The highest BCUT2D eigenvalue weighted by Gasteiger charge is 2.19. The summed E-state index contributed by atoms with van der Waals surface area (Å²) in [5, 5.41) is 20.2. The van der Waals surface area contributed by atoms with Gasteiger partial charge in [-0.15, -0.1) is 0 Å². The molecule has 0 fully saturated rings. The molecule has 10 nitrogen and oxygen atoms in total. The molecule has 0 radical (unpaired) electrons. The fourth-order valence-corrected chi connectivity index (χ4v) is 3.77. The van der Waals surface area contributed by atoms with Gasteiger partial charge in [0.05, 0.1) is 17.5 Å². The third-order valence-corrected chi connectivity index (χ3v) is 5.70. The highest BCUT2D eigenvalue weighted by atomic mass is 32.2. The van der Waals surface area contributed by atoms with Crippen LogP contribution in [0.15, 0.2) is 64.1 Å². The van der Waals surface area contributed by atoms with Crippen molar-refractivity contribution in [3.05, 3.63) is 71.7 Å². The molecular weight excluding hydrogens is 444 g/mol. The standard InChI is InChI=1S/C22H22N6O4S/c1-13-10-16(8-9-19(13)33(30)31)25-22-23-11-17(21-24-14(2)28-32-21)20(27-22)26-18(12-29)15-6-4-3-5-7-15/h3-11,18,29H,12H2,1-2H3,(H,30,31)(H2,23,25,26,27)/t18-/m1/s1. The number of aliphatic hydroxyl groups is 1. The van der Waals surface area contributed by atoms with Gasteiger partial charge >= 0.3 is 0 Å². The second kappa shape index (κ2) is 9.86. The van der Waals surface area contributed by atoms with Crippen LogP contribution in [-0.4, -0.2) is 40.6 Å². The SMILES string of the molecule is Cc1noc(-c2cnc(Nc3ccc(S(=O)O)c(C)c3)nc2N[C@H](CO)c2ccccc2)n1. The number of nitrogens with one attached hydrogen (secondary N) is 2. The molecule has 0 spiro atoms. The first-order valence-corrected chi connectivity index (χ1v) is 11.1. The van der Waals surface area contributed by atoms with Crippen molar-refractivity contribution in [3.8, 4) is 11.5 Å². The van der Waals surface area contributed by atoms with Crippen LogP contribution in [0.2, 0.25) is 0 Å². The molecule has 0 aliphatic carbocycles. The Hall–Kier alpha value is -3.67. The fourth-order valence-electron chi connectivity index (χ4n) is 3.25. The predicted octanol–water partition coefficient (Wildman–Crippen LogP) is 3.61. The van der Waals surface area contributed by atoms with Crippen LogP contribution in [-0.2, 0) is 11.1 Å². The first-order valence-electron chi connectivity index (χ1n) is 10.0. The minimum Gasteiger partial charge on any atom is -0.394 e. The molecule has 0 saturated carbocycles. The van der Waals surface area contributed by atoms with Gasteiger partial charge in [-0.25, -0.2) is 9.19 Å². The summed E-state index contributed by atoms with van der Waals surface area (Å²) in [6.07, 6.45) is 1.55. The van der Waals surface area contributed by atoms with E-state index in [9.17, 15) is 13.9 Å². The van der Waals surface area contributed by atoms with E-state index in [1.807, 2.05) is 30.3 Å². The van der Waals surface area contributed by atoms with E-state index in [0.29, 0.717) is 33.4 Å². The van der Waals surface area contributed by atoms with Gasteiger partial charge in [0, 0.05) is 11.9 Å². The zero-order chi connectivity index (χ0) is 23.4. The lowest BCUT2D eigenvalue weighted by Gasteiger charge is -2.19. The van der Waals surface area contributed by atoms with Gasteiger partial charge < -0.3 is 24.8 Å². The maximum atomic E-state index is 11.4. The van der Waals surface area contributed by atoms with Crippen molar-refractivity contribution in [2.75, 3.05) is 17.2 Å². The molecular formula is C22H22N6O4S. The average Bonchev–Trinajstić information content (AvgIpc) is 3.24. The minimum atomic E-state index is -2.06. The molecule has 0 aliphatic heterocycles. The van der Waals surface area contributed by atoms with Gasteiger partial charge in [0.25, 0.3) is 5.89 Å². The quantitative estimate of drug-likeness (QED) is 0.284. The number of anilines is 3. The largest absolute Gasteiger partial charge is 0.394 e. The van der Waals surface area contributed by atoms with E-state index in [0.717, 1.165) is 5.56 Å². The van der Waals surface area contributed by atoms with Crippen molar-refractivity contribution < 1.29 is 18.4 Å². The van der Waals surface area contributed by atoms with Crippen molar-refractivity contribution in [2.45, 2.75) is 24.8 Å². The third kappa shape index (κ3) is 5.22. The molecule has 4 aromatic rings. The third-order valence-electron chi connectivity index (χ3n) is 4.86. The second-order valence-corrected chi connectivity index (χ2v) is 8.19. The fraction of sp³-hybridized carbons (Fsp3) is 0.182. The second-order valence-electron chi connectivity index (χ2n) is 7.25. The average molecular weight is 467 g/mol. The molecule has 2 aromatic carbocycles. The van der Waals surface area contributed by atoms with Gasteiger partial charge in [0.15, 0.2) is 16.9 Å². The number of rotatable bonds is 8. The van der Waals surface area contributed by atoms with Crippen LogP contribution < -0.4 is 10.6 Å². The number of aliphatic hydroxyl groups excluding tert-OH is 1. The van der Waals surface area contributed by atoms with Crippen molar-refractivity contribution in [1.82, 2.24) is 20.1 Å². The maximum absolute atomic E-state index is 11.4. The van der Waals surface area contributed by atoms with E-state index in [4.69, 9.17) is 4.52 Å². The molecule has 33 heavy (non-hydrogen) atoms. The molecule has 4 rings (SSSR count). The van der Waals surface area contributed by atoms with E-state index in [1.165, 1.54) is 0 Å². The monoisotopic (exact) mass is 466 g/mol. The van der Waals surface area contributed by atoms with Gasteiger partial charge in [-0.1, -0.05) is 35.5 Å². The van der Waals surface area contributed by atoms with Gasteiger partial charge in [-0.2, -0.15) is 9.97 Å². The normalized spacial score (nSPS) is 12.8. The summed E-state index contributed by atoms with van der Waals surface area (Å²) < 4.78 is 26.0. The van der Waals surface area contributed by atoms with E-state index >= 15 is 0 Å². The van der Waals surface area contributed by atoms with Crippen LogP contribution in [0.3, 0.4) is 0 Å². The molecule has 2 heterocycles. The Morgan fingerprint density at radius 2 is 1.91 bits per heavy atom. The Kier molecular flexibility index (Phi) is 6.73. The van der Waals surface area contributed by atoms with Gasteiger partial charge in [0.1, 0.15) is 11.4 Å². The molecule has 1 unspecified atom stereocenters. The van der Waals surface area contributed by atoms with Crippen LogP contribution >= 0.6 is 0 Å². The van der Waals surface area contributed by atoms with E-state index in [1.54, 1.807) is 38.2 Å². The smallest absolute Gasteiger partial charge is 0.263 e. The van der Waals surface area contributed by atoms with Crippen LogP contribution in [0.5, 0.6) is 0 Å². The predicted molar refractivity (Wildman–Crippen MR) is 123 cm³/mol. The van der Waals surface area contributed by atoms with E-state index < -0.39 is 17.1 Å². The summed E-state index contributed by atoms with van der Waals surface area (Å²) in [6, 6.07) is 14.0. The Morgan fingerprint density at radius 1 is 1.12 bits per heavy atom. The topological polar surface area (TPSA) is 146 Å². The van der Waals surface area contributed by atoms with Crippen LogP contribution in [0, 0.1) is 13.8 Å². The Labute approximate surface area is 192 Å². The zero-order valence-corrected chi connectivity index (χ0v) is 18.7. The minimum absolute atomic E-state index is 0.169. The number of nitrogens with zero attached hydrogens (tertiary/aromatic N) is 4. The molecule has 11 heteroatoms. The molecule has 0 aliphatic rings. The zero-order valence-electron chi connectivity index (χ0n) is 17.9. The van der Waals surface area contributed by atoms with Gasteiger partial charge in [0.2, 0.25) is 5.95 Å². The van der Waals surface area contributed by atoms with Crippen LogP contribution in [0.1, 0.15) is 23.0 Å². The summed E-state index contributed by atoms with van der Waals surface area (Å²) in [5.41, 5.74) is 2.67. The number of hydrogen-bond donors (Lipinski definition) is 4.